The standard InChI is InChI=1S/C34H38N2O/c1-35-29-12-13-33-19-27(32(35)25-9-8-22-4-2-3-5-23(22)16-25)31(29)34(33)14-15-36(20-21-6-7-21)30(33)17-24-10-11-26(37)18-28(24)34/h2-5,8-11,16,18,21,27,29-32,37H,6-7,12-15,17,19-20H2,1H3/t27-,29+,30+,31+,32+,33+,34+/m0/s1. The van der Waals surface area contributed by atoms with Crippen LogP contribution >= 0.6 is 0 Å². The molecule has 3 saturated carbocycles. The third-order valence-corrected chi connectivity index (χ3v) is 12.4. The number of aromatic hydroxyl groups is 1. The van der Waals surface area contributed by atoms with E-state index >= 15 is 0 Å². The molecular weight excluding hydrogens is 452 g/mol. The summed E-state index contributed by atoms with van der Waals surface area (Å²) in [5, 5.41) is 13.5. The van der Waals surface area contributed by atoms with Crippen molar-refractivity contribution in [3.05, 3.63) is 77.4 Å². The molecule has 4 aliphatic carbocycles. The number of piperidine rings is 1. The fraction of sp³-hybridized carbons (Fsp3) is 0.529. The van der Waals surface area contributed by atoms with Gasteiger partial charge < -0.3 is 5.11 Å². The Hall–Kier alpha value is -2.36. The van der Waals surface area contributed by atoms with Crippen molar-refractivity contribution in [2.75, 3.05) is 20.1 Å². The minimum Gasteiger partial charge on any atom is -0.508 e. The van der Waals surface area contributed by atoms with Gasteiger partial charge >= 0.3 is 0 Å². The molecule has 9 rings (SSSR count). The van der Waals surface area contributed by atoms with Gasteiger partial charge in [0.05, 0.1) is 0 Å². The molecule has 190 valence electrons. The van der Waals surface area contributed by atoms with Crippen LogP contribution in [0.15, 0.2) is 60.7 Å². The molecule has 2 aliphatic heterocycles. The van der Waals surface area contributed by atoms with Gasteiger partial charge in [0.2, 0.25) is 0 Å². The summed E-state index contributed by atoms with van der Waals surface area (Å²) >= 11 is 0. The Bertz CT molecular complexity index is 1430. The summed E-state index contributed by atoms with van der Waals surface area (Å²) in [5.41, 5.74) is 5.18. The highest BCUT2D eigenvalue weighted by molar-refractivity contribution is 5.83. The van der Waals surface area contributed by atoms with Crippen molar-refractivity contribution in [3.63, 3.8) is 0 Å². The van der Waals surface area contributed by atoms with Gasteiger partial charge in [0, 0.05) is 30.1 Å². The molecule has 6 aliphatic rings. The molecule has 2 saturated heterocycles. The average molecular weight is 491 g/mol. The van der Waals surface area contributed by atoms with Crippen LogP contribution in [0.4, 0.5) is 0 Å². The van der Waals surface area contributed by atoms with Gasteiger partial charge in [-0.05, 0) is 127 Å². The highest BCUT2D eigenvalue weighted by atomic mass is 16.3. The Labute approximate surface area is 220 Å². The monoisotopic (exact) mass is 490 g/mol. The van der Waals surface area contributed by atoms with E-state index in [1.165, 1.54) is 79.9 Å². The quantitative estimate of drug-likeness (QED) is 0.467. The third-order valence-electron chi connectivity index (χ3n) is 12.4. The molecule has 3 heteroatoms. The van der Waals surface area contributed by atoms with Crippen molar-refractivity contribution >= 4 is 10.8 Å². The number of hydrogen-bond acceptors (Lipinski definition) is 3. The number of rotatable bonds is 3. The van der Waals surface area contributed by atoms with E-state index in [2.05, 4.69) is 71.4 Å². The number of likely N-dealkylation sites (tertiary alicyclic amines) is 2. The second-order valence-electron chi connectivity index (χ2n) is 13.6. The first-order valence-corrected chi connectivity index (χ1v) is 14.9. The number of nitrogens with zero attached hydrogens (tertiary/aromatic N) is 2. The molecule has 37 heavy (non-hydrogen) atoms. The molecule has 0 unspecified atom stereocenters. The molecule has 0 amide bonds. The summed E-state index contributed by atoms with van der Waals surface area (Å²) in [6, 6.07) is 24.4. The Morgan fingerprint density at radius 1 is 0.946 bits per heavy atom. The first kappa shape index (κ1) is 21.6. The number of phenolic OH excluding ortho intramolecular Hbond substituents is 1. The van der Waals surface area contributed by atoms with E-state index in [0.29, 0.717) is 41.1 Å². The van der Waals surface area contributed by atoms with Gasteiger partial charge in [0.25, 0.3) is 0 Å². The Morgan fingerprint density at radius 3 is 2.68 bits per heavy atom. The molecule has 0 aromatic heterocycles. The van der Waals surface area contributed by atoms with Crippen molar-refractivity contribution in [1.29, 1.82) is 0 Å². The maximum Gasteiger partial charge on any atom is 0.115 e. The first-order chi connectivity index (χ1) is 18.1. The lowest BCUT2D eigenvalue weighted by molar-refractivity contribution is -0.105. The minimum absolute atomic E-state index is 0.220. The smallest absolute Gasteiger partial charge is 0.115 e. The fourth-order valence-electron chi connectivity index (χ4n) is 11.1. The van der Waals surface area contributed by atoms with E-state index in [1.807, 2.05) is 6.07 Å². The molecule has 0 radical (unpaired) electrons. The first-order valence-electron chi connectivity index (χ1n) is 14.9. The summed E-state index contributed by atoms with van der Waals surface area (Å²) in [4.78, 5) is 5.75. The van der Waals surface area contributed by atoms with E-state index in [9.17, 15) is 5.11 Å². The number of hydrogen-bond donors (Lipinski definition) is 1. The average Bonchev–Trinajstić information content (AvgIpc) is 3.64. The summed E-state index contributed by atoms with van der Waals surface area (Å²) in [5.74, 6) is 2.79. The van der Waals surface area contributed by atoms with Crippen LogP contribution in [0, 0.1) is 23.2 Å². The van der Waals surface area contributed by atoms with Crippen LogP contribution in [0.1, 0.15) is 61.3 Å². The maximum atomic E-state index is 10.8. The predicted octanol–water partition coefficient (Wildman–Crippen LogP) is 6.30. The highest BCUT2D eigenvalue weighted by Gasteiger charge is 2.77. The molecule has 5 fully saturated rings. The summed E-state index contributed by atoms with van der Waals surface area (Å²) in [7, 11) is 2.43. The van der Waals surface area contributed by atoms with Crippen LogP contribution < -0.4 is 0 Å². The van der Waals surface area contributed by atoms with Gasteiger partial charge in [-0.1, -0.05) is 42.5 Å². The normalized spacial score (nSPS) is 40.1. The Kier molecular flexibility index (Phi) is 4.19. The molecule has 4 bridgehead atoms. The van der Waals surface area contributed by atoms with E-state index in [1.54, 1.807) is 5.56 Å². The lowest BCUT2D eigenvalue weighted by atomic mass is 9.43. The molecular formula is C34H38N2O. The van der Waals surface area contributed by atoms with Crippen molar-refractivity contribution in [1.82, 2.24) is 9.80 Å². The summed E-state index contributed by atoms with van der Waals surface area (Å²) in [6.45, 7) is 2.57. The lowest BCUT2D eigenvalue weighted by Gasteiger charge is -2.66. The summed E-state index contributed by atoms with van der Waals surface area (Å²) in [6.07, 6.45) is 9.40. The lowest BCUT2D eigenvalue weighted by Crippen LogP contribution is -2.69. The second-order valence-corrected chi connectivity index (χ2v) is 13.6. The van der Waals surface area contributed by atoms with Crippen molar-refractivity contribution in [2.45, 2.75) is 68.5 Å². The molecule has 7 atom stereocenters. The zero-order valence-corrected chi connectivity index (χ0v) is 21.9. The van der Waals surface area contributed by atoms with Crippen molar-refractivity contribution in [3.8, 4) is 5.75 Å². The SMILES string of the molecule is CN1[C@@H]2CC[C@]34C[C@@H]([C@H]2[C@]32CCN(CC3CC3)[C@@H]4Cc3ccc(O)cc32)[C@H]1c1ccc2ccccc2c1. The van der Waals surface area contributed by atoms with Crippen LogP contribution in [0.2, 0.25) is 0 Å². The van der Waals surface area contributed by atoms with Crippen LogP contribution in [-0.2, 0) is 11.8 Å². The van der Waals surface area contributed by atoms with Gasteiger partial charge in [-0.2, -0.15) is 0 Å². The van der Waals surface area contributed by atoms with Gasteiger partial charge in [-0.15, -0.1) is 0 Å². The maximum absolute atomic E-state index is 10.8. The van der Waals surface area contributed by atoms with E-state index in [0.717, 1.165) is 5.92 Å². The minimum atomic E-state index is 0.220. The fourth-order valence-corrected chi connectivity index (χ4v) is 11.1. The van der Waals surface area contributed by atoms with Gasteiger partial charge in [0.15, 0.2) is 0 Å². The predicted molar refractivity (Wildman–Crippen MR) is 148 cm³/mol. The van der Waals surface area contributed by atoms with Gasteiger partial charge in [-0.25, -0.2) is 0 Å². The zero-order chi connectivity index (χ0) is 24.5. The Balaban J connectivity index is 1.22. The van der Waals surface area contributed by atoms with Crippen molar-refractivity contribution < 1.29 is 5.11 Å². The Morgan fingerprint density at radius 2 is 1.81 bits per heavy atom. The molecule has 3 aromatic rings. The van der Waals surface area contributed by atoms with Gasteiger partial charge in [0.1, 0.15) is 5.75 Å². The van der Waals surface area contributed by atoms with Crippen LogP contribution in [0.25, 0.3) is 10.8 Å². The number of benzene rings is 3. The van der Waals surface area contributed by atoms with E-state index < -0.39 is 0 Å². The highest BCUT2D eigenvalue weighted by Crippen LogP contribution is 2.77. The van der Waals surface area contributed by atoms with Crippen LogP contribution in [-0.4, -0.2) is 47.1 Å². The van der Waals surface area contributed by atoms with Gasteiger partial charge in [-0.3, -0.25) is 9.80 Å². The molecule has 1 N–H and O–H groups in total. The topological polar surface area (TPSA) is 26.7 Å². The van der Waals surface area contributed by atoms with E-state index in [4.69, 9.17) is 0 Å². The largest absolute Gasteiger partial charge is 0.508 e. The number of fused-ring (bicyclic) bond motifs is 2. The van der Waals surface area contributed by atoms with Crippen LogP contribution in [0.3, 0.4) is 0 Å². The van der Waals surface area contributed by atoms with E-state index in [-0.39, 0.29) is 5.41 Å². The number of phenols is 1. The third kappa shape index (κ3) is 2.61. The molecule has 2 heterocycles. The molecule has 3 nitrogen and oxygen atoms in total. The molecule has 3 aromatic carbocycles. The molecule has 0 spiro atoms. The second kappa shape index (κ2) is 7.18. The van der Waals surface area contributed by atoms with Crippen LogP contribution in [0.5, 0.6) is 5.75 Å². The van der Waals surface area contributed by atoms with Crippen molar-refractivity contribution in [2.24, 2.45) is 23.2 Å². The zero-order valence-electron chi connectivity index (χ0n) is 21.9. The summed E-state index contributed by atoms with van der Waals surface area (Å²) < 4.78 is 0.